The third-order valence-electron chi connectivity index (χ3n) is 2.86. The van der Waals surface area contributed by atoms with Gasteiger partial charge in [-0.05, 0) is 80.2 Å². The molecule has 2 rings (SSSR count). The number of ether oxygens (including phenoxy) is 1. The first kappa shape index (κ1) is 16.7. The highest BCUT2D eigenvalue weighted by atomic mass is 79.9. The van der Waals surface area contributed by atoms with Gasteiger partial charge in [0, 0.05) is 0 Å². The van der Waals surface area contributed by atoms with Gasteiger partial charge < -0.3 is 10.5 Å². The zero-order valence-corrected chi connectivity index (χ0v) is 14.9. The monoisotopic (exact) mass is 435 g/mol. The van der Waals surface area contributed by atoms with Crippen molar-refractivity contribution in [2.24, 2.45) is 5.73 Å². The van der Waals surface area contributed by atoms with E-state index in [1.165, 1.54) is 6.07 Å². The van der Waals surface area contributed by atoms with Gasteiger partial charge in [-0.2, -0.15) is 0 Å². The molecule has 0 aliphatic rings. The lowest BCUT2D eigenvalue weighted by molar-refractivity contribution is 0.302. The first-order valence-electron chi connectivity index (χ1n) is 6.26. The molecule has 112 valence electrons. The average molecular weight is 438 g/mol. The number of nitrogens with two attached hydrogens (primary N) is 1. The van der Waals surface area contributed by atoms with Crippen molar-refractivity contribution in [3.8, 4) is 5.75 Å². The van der Waals surface area contributed by atoms with Gasteiger partial charge >= 0.3 is 0 Å². The predicted molar refractivity (Wildman–Crippen MR) is 90.3 cm³/mol. The maximum absolute atomic E-state index is 13.1. The molecule has 0 aliphatic carbocycles. The largest absolute Gasteiger partial charge is 0.487 e. The van der Waals surface area contributed by atoms with Crippen LogP contribution in [0.3, 0.4) is 0 Å². The van der Waals surface area contributed by atoms with Crippen LogP contribution in [-0.2, 0) is 13.0 Å². The summed E-state index contributed by atoms with van der Waals surface area (Å²) in [5.41, 5.74) is 7.47. The fraction of sp³-hybridized carbons (Fsp3) is 0.200. The molecule has 0 saturated carbocycles. The van der Waals surface area contributed by atoms with Crippen molar-refractivity contribution in [1.82, 2.24) is 0 Å². The molecule has 2 N–H and O–H groups in total. The van der Waals surface area contributed by atoms with E-state index in [0.717, 1.165) is 26.5 Å². The molecule has 0 saturated heterocycles. The van der Waals surface area contributed by atoms with Gasteiger partial charge in [-0.3, -0.25) is 0 Å². The number of benzene rings is 2. The van der Waals surface area contributed by atoms with Crippen LogP contribution in [0.1, 0.15) is 11.1 Å². The van der Waals surface area contributed by atoms with Gasteiger partial charge in [0.15, 0.2) is 0 Å². The number of hydrogen-bond donors (Lipinski definition) is 1. The van der Waals surface area contributed by atoms with E-state index >= 15 is 0 Å². The Hall–Kier alpha value is -0.620. The second kappa shape index (κ2) is 7.58. The molecule has 0 unspecified atom stereocenters. The minimum atomic E-state index is -0.436. The minimum Gasteiger partial charge on any atom is -0.487 e. The SMILES string of the molecule is NCCc1cc(Br)c(OCc2ccc(F)c(Cl)c2)c(Br)c1. The Morgan fingerprint density at radius 2 is 1.76 bits per heavy atom. The summed E-state index contributed by atoms with van der Waals surface area (Å²) in [6.45, 7) is 0.889. The van der Waals surface area contributed by atoms with Gasteiger partial charge in [-0.15, -0.1) is 0 Å². The average Bonchev–Trinajstić information content (AvgIpc) is 2.42. The van der Waals surface area contributed by atoms with Crippen LogP contribution >= 0.6 is 43.5 Å². The van der Waals surface area contributed by atoms with Crippen LogP contribution in [0.4, 0.5) is 4.39 Å². The molecule has 0 amide bonds. The number of rotatable bonds is 5. The van der Waals surface area contributed by atoms with Crippen LogP contribution in [-0.4, -0.2) is 6.54 Å². The van der Waals surface area contributed by atoms with E-state index in [2.05, 4.69) is 31.9 Å². The van der Waals surface area contributed by atoms with E-state index in [1.54, 1.807) is 12.1 Å². The Bertz CT molecular complexity index is 629. The lowest BCUT2D eigenvalue weighted by Crippen LogP contribution is -2.03. The molecule has 2 aromatic rings. The molecule has 21 heavy (non-hydrogen) atoms. The Morgan fingerprint density at radius 3 is 2.33 bits per heavy atom. The van der Waals surface area contributed by atoms with E-state index in [1.807, 2.05) is 12.1 Å². The Balaban J connectivity index is 2.14. The van der Waals surface area contributed by atoms with Crippen LogP contribution in [0.15, 0.2) is 39.3 Å². The summed E-state index contributed by atoms with van der Waals surface area (Å²) in [6.07, 6.45) is 0.797. The zero-order valence-electron chi connectivity index (χ0n) is 11.0. The summed E-state index contributed by atoms with van der Waals surface area (Å²) in [6, 6.07) is 8.48. The van der Waals surface area contributed by atoms with Crippen molar-refractivity contribution in [1.29, 1.82) is 0 Å². The molecule has 6 heteroatoms. The lowest BCUT2D eigenvalue weighted by Gasteiger charge is -2.12. The summed E-state index contributed by atoms with van der Waals surface area (Å²) in [5.74, 6) is 0.255. The van der Waals surface area contributed by atoms with Crippen LogP contribution in [0.5, 0.6) is 5.75 Å². The maximum Gasteiger partial charge on any atom is 0.148 e. The van der Waals surface area contributed by atoms with Crippen molar-refractivity contribution in [3.05, 3.63) is 61.2 Å². The van der Waals surface area contributed by atoms with Gasteiger partial charge in [0.05, 0.1) is 14.0 Å². The van der Waals surface area contributed by atoms with Crippen LogP contribution in [0.2, 0.25) is 5.02 Å². The normalized spacial score (nSPS) is 10.7. The third-order valence-corrected chi connectivity index (χ3v) is 4.33. The molecule has 0 aromatic heterocycles. The number of halogens is 4. The molecule has 0 aliphatic heterocycles. The molecule has 0 radical (unpaired) electrons. The van der Waals surface area contributed by atoms with Crippen molar-refractivity contribution >= 4 is 43.5 Å². The van der Waals surface area contributed by atoms with Crippen LogP contribution < -0.4 is 10.5 Å². The molecule has 2 nitrogen and oxygen atoms in total. The summed E-state index contributed by atoms with van der Waals surface area (Å²) in [7, 11) is 0. The molecule has 0 spiro atoms. The van der Waals surface area contributed by atoms with E-state index in [0.29, 0.717) is 18.9 Å². The summed E-state index contributed by atoms with van der Waals surface area (Å²) in [5, 5.41) is 0.0903. The summed E-state index contributed by atoms with van der Waals surface area (Å²) in [4.78, 5) is 0. The van der Waals surface area contributed by atoms with E-state index in [4.69, 9.17) is 22.1 Å². The van der Waals surface area contributed by atoms with E-state index in [-0.39, 0.29) is 5.02 Å². The van der Waals surface area contributed by atoms with Crippen LogP contribution in [0.25, 0.3) is 0 Å². The van der Waals surface area contributed by atoms with Crippen molar-refractivity contribution in [3.63, 3.8) is 0 Å². The Morgan fingerprint density at radius 1 is 1.10 bits per heavy atom. The molecule has 0 fully saturated rings. The molecule has 0 heterocycles. The zero-order chi connectivity index (χ0) is 15.4. The summed E-state index contributed by atoms with van der Waals surface area (Å²) < 4.78 is 20.6. The van der Waals surface area contributed by atoms with Crippen molar-refractivity contribution in [2.45, 2.75) is 13.0 Å². The second-order valence-corrected chi connectivity index (χ2v) is 6.58. The molecule has 0 atom stereocenters. The standard InChI is InChI=1S/C15H13Br2ClFNO/c16-11-5-9(3-4-20)6-12(17)15(11)21-8-10-1-2-14(19)13(18)7-10/h1-2,5-7H,3-4,8,20H2. The van der Waals surface area contributed by atoms with Crippen LogP contribution in [0, 0.1) is 5.82 Å². The third kappa shape index (κ3) is 4.42. The number of hydrogen-bond acceptors (Lipinski definition) is 2. The van der Waals surface area contributed by atoms with Crippen molar-refractivity contribution in [2.75, 3.05) is 6.54 Å². The fourth-order valence-electron chi connectivity index (χ4n) is 1.85. The van der Waals surface area contributed by atoms with E-state index < -0.39 is 5.82 Å². The highest BCUT2D eigenvalue weighted by molar-refractivity contribution is 9.11. The van der Waals surface area contributed by atoms with Gasteiger partial charge in [-0.25, -0.2) is 4.39 Å². The molecule has 2 aromatic carbocycles. The fourth-order valence-corrected chi connectivity index (χ4v) is 3.56. The Kier molecular flexibility index (Phi) is 6.05. The highest BCUT2D eigenvalue weighted by Gasteiger charge is 2.10. The van der Waals surface area contributed by atoms with Gasteiger partial charge in [0.1, 0.15) is 18.2 Å². The van der Waals surface area contributed by atoms with E-state index in [9.17, 15) is 4.39 Å². The topological polar surface area (TPSA) is 35.2 Å². The second-order valence-electron chi connectivity index (χ2n) is 4.46. The van der Waals surface area contributed by atoms with Gasteiger partial charge in [-0.1, -0.05) is 17.7 Å². The molecular weight excluding hydrogens is 424 g/mol. The molecule has 0 bridgehead atoms. The first-order chi connectivity index (χ1) is 10.0. The smallest absolute Gasteiger partial charge is 0.148 e. The minimum absolute atomic E-state index is 0.0903. The van der Waals surface area contributed by atoms with Gasteiger partial charge in [0.25, 0.3) is 0 Å². The van der Waals surface area contributed by atoms with Gasteiger partial charge in [0.2, 0.25) is 0 Å². The first-order valence-corrected chi connectivity index (χ1v) is 8.22. The highest BCUT2D eigenvalue weighted by Crippen LogP contribution is 2.35. The molecular formula is C15H13Br2ClFNO. The lowest BCUT2D eigenvalue weighted by atomic mass is 10.1. The van der Waals surface area contributed by atoms with Crippen molar-refractivity contribution < 1.29 is 9.13 Å². The quantitative estimate of drug-likeness (QED) is 0.708. The summed E-state index contributed by atoms with van der Waals surface area (Å²) >= 11 is 12.7. The predicted octanol–water partition coefficient (Wildman–Crippen LogP) is 5.08. The Labute approximate surface area is 144 Å². The maximum atomic E-state index is 13.1.